The highest BCUT2D eigenvalue weighted by atomic mass is 79.9. The molecule has 0 bridgehead atoms. The highest BCUT2D eigenvalue weighted by Crippen LogP contribution is 2.35. The molecule has 0 radical (unpaired) electrons. The Morgan fingerprint density at radius 1 is 1.65 bits per heavy atom. The van der Waals surface area contributed by atoms with Gasteiger partial charge in [-0.3, -0.25) is 4.68 Å². The Balaban J connectivity index is 2.43. The number of nitrogens with zero attached hydrogens (tertiary/aromatic N) is 2. The molecule has 4 nitrogen and oxygen atoms in total. The monoisotopic (exact) mass is 315 g/mol. The van der Waals surface area contributed by atoms with Gasteiger partial charge in [-0.1, -0.05) is 0 Å². The number of rotatable bonds is 4. The van der Waals surface area contributed by atoms with Gasteiger partial charge in [0, 0.05) is 6.54 Å². The Morgan fingerprint density at radius 3 is 3.06 bits per heavy atom. The molecule has 2 aromatic rings. The average molecular weight is 316 g/mol. The summed E-state index contributed by atoms with van der Waals surface area (Å²) < 4.78 is 8.13. The summed E-state index contributed by atoms with van der Waals surface area (Å²) in [7, 11) is 1.66. The molecule has 1 unspecified atom stereocenters. The number of halogens is 1. The van der Waals surface area contributed by atoms with E-state index in [2.05, 4.69) is 21.0 Å². The molecule has 0 aliphatic heterocycles. The first kappa shape index (κ1) is 12.6. The van der Waals surface area contributed by atoms with Crippen LogP contribution in [0.15, 0.2) is 22.1 Å². The molecule has 0 aliphatic rings. The van der Waals surface area contributed by atoms with E-state index in [1.54, 1.807) is 24.6 Å². The molecule has 0 fully saturated rings. The lowest BCUT2D eigenvalue weighted by molar-refractivity contribution is 0.410. The number of aryl methyl sites for hydroxylation is 1. The molecule has 1 atom stereocenters. The summed E-state index contributed by atoms with van der Waals surface area (Å²) in [6.07, 6.45) is 1.78. The molecule has 0 saturated carbocycles. The van der Waals surface area contributed by atoms with Gasteiger partial charge < -0.3 is 10.5 Å². The van der Waals surface area contributed by atoms with E-state index >= 15 is 0 Å². The first-order valence-corrected chi connectivity index (χ1v) is 6.94. The van der Waals surface area contributed by atoms with Crippen LogP contribution in [0.25, 0.3) is 0 Å². The minimum Gasteiger partial charge on any atom is -0.496 e. The molecule has 6 heteroatoms. The van der Waals surface area contributed by atoms with E-state index in [-0.39, 0.29) is 6.04 Å². The average Bonchev–Trinajstić information content (AvgIpc) is 2.93. The summed E-state index contributed by atoms with van der Waals surface area (Å²) >= 11 is 5.09. The molecular formula is C11H14BrN3OS. The molecular weight excluding hydrogens is 302 g/mol. The maximum atomic E-state index is 6.30. The van der Waals surface area contributed by atoms with Gasteiger partial charge in [0.05, 0.1) is 34.4 Å². The van der Waals surface area contributed by atoms with E-state index in [1.165, 1.54) is 0 Å². The molecule has 2 N–H and O–H groups in total. The van der Waals surface area contributed by atoms with Crippen molar-refractivity contribution in [2.45, 2.75) is 19.5 Å². The normalized spacial score (nSPS) is 12.7. The Hall–Kier alpha value is -0.850. The fourth-order valence-electron chi connectivity index (χ4n) is 1.76. The fourth-order valence-corrected chi connectivity index (χ4v) is 3.17. The zero-order valence-corrected chi connectivity index (χ0v) is 12.1. The lowest BCUT2D eigenvalue weighted by Gasteiger charge is -2.14. The van der Waals surface area contributed by atoms with Crippen LogP contribution in [0.3, 0.4) is 0 Å². The third-order valence-electron chi connectivity index (χ3n) is 2.59. The molecule has 0 saturated heterocycles. The minimum atomic E-state index is -0.221. The molecule has 0 spiro atoms. The van der Waals surface area contributed by atoms with E-state index in [0.717, 1.165) is 27.3 Å². The number of ether oxygens (including phenoxy) is 1. The first-order valence-electron chi connectivity index (χ1n) is 5.27. The highest BCUT2D eigenvalue weighted by molar-refractivity contribution is 9.10. The summed E-state index contributed by atoms with van der Waals surface area (Å²) in [5, 5.41) is 6.26. The van der Waals surface area contributed by atoms with Gasteiger partial charge in [0.25, 0.3) is 0 Å². The number of nitrogens with two attached hydrogens (primary N) is 1. The molecule has 0 aliphatic carbocycles. The molecule has 2 rings (SSSR count). The summed E-state index contributed by atoms with van der Waals surface area (Å²) in [5.74, 6) is 0.832. The van der Waals surface area contributed by atoms with Gasteiger partial charge in [-0.05, 0) is 34.3 Å². The van der Waals surface area contributed by atoms with Gasteiger partial charge in [0.2, 0.25) is 0 Å². The van der Waals surface area contributed by atoms with Crippen LogP contribution in [0.5, 0.6) is 5.75 Å². The second kappa shape index (κ2) is 5.20. The first-order chi connectivity index (χ1) is 8.19. The van der Waals surface area contributed by atoms with Crippen LogP contribution in [0.1, 0.15) is 23.5 Å². The van der Waals surface area contributed by atoms with Crippen LogP contribution in [0.4, 0.5) is 0 Å². The van der Waals surface area contributed by atoms with Crippen LogP contribution in [0.2, 0.25) is 0 Å². The third kappa shape index (κ3) is 2.25. The summed E-state index contributed by atoms with van der Waals surface area (Å²) in [6.45, 7) is 2.84. The second-order valence-corrected chi connectivity index (χ2v) is 5.33. The van der Waals surface area contributed by atoms with E-state index in [0.29, 0.717) is 0 Å². The van der Waals surface area contributed by atoms with Crippen molar-refractivity contribution in [3.8, 4) is 5.75 Å². The third-order valence-corrected chi connectivity index (χ3v) is 4.18. The van der Waals surface area contributed by atoms with E-state index < -0.39 is 0 Å². The van der Waals surface area contributed by atoms with Crippen LogP contribution in [0, 0.1) is 0 Å². The summed E-state index contributed by atoms with van der Waals surface area (Å²) in [5.41, 5.74) is 7.28. The molecule has 2 aromatic heterocycles. The minimum absolute atomic E-state index is 0.221. The molecule has 0 aromatic carbocycles. The smallest absolute Gasteiger partial charge is 0.134 e. The quantitative estimate of drug-likeness (QED) is 0.944. The lowest BCUT2D eigenvalue weighted by Crippen LogP contribution is -2.17. The van der Waals surface area contributed by atoms with Crippen molar-refractivity contribution < 1.29 is 4.74 Å². The second-order valence-electron chi connectivity index (χ2n) is 3.52. The standard InChI is InChI=1S/C11H14BrN3OS/c1-3-15-10(7(12)6-14-15)9(13)11-8(16-2)4-5-17-11/h4-6,9H,3,13H2,1-2H3. The van der Waals surface area contributed by atoms with Crippen molar-refractivity contribution in [1.82, 2.24) is 9.78 Å². The lowest BCUT2D eigenvalue weighted by atomic mass is 10.1. The summed E-state index contributed by atoms with van der Waals surface area (Å²) in [4.78, 5) is 1.02. The van der Waals surface area contributed by atoms with Crippen molar-refractivity contribution in [3.63, 3.8) is 0 Å². The van der Waals surface area contributed by atoms with Gasteiger partial charge in [0.15, 0.2) is 0 Å². The van der Waals surface area contributed by atoms with Crippen molar-refractivity contribution in [3.05, 3.63) is 32.7 Å². The van der Waals surface area contributed by atoms with Gasteiger partial charge in [-0.15, -0.1) is 11.3 Å². The van der Waals surface area contributed by atoms with Crippen LogP contribution in [-0.2, 0) is 6.54 Å². The molecule has 92 valence electrons. The van der Waals surface area contributed by atoms with E-state index in [9.17, 15) is 0 Å². The van der Waals surface area contributed by atoms with Crippen LogP contribution >= 0.6 is 27.3 Å². The molecule has 2 heterocycles. The fraction of sp³-hybridized carbons (Fsp3) is 0.364. The van der Waals surface area contributed by atoms with Crippen molar-refractivity contribution in [1.29, 1.82) is 0 Å². The number of aromatic nitrogens is 2. The van der Waals surface area contributed by atoms with Crippen molar-refractivity contribution >= 4 is 27.3 Å². The zero-order valence-electron chi connectivity index (χ0n) is 9.68. The van der Waals surface area contributed by atoms with E-state index in [1.807, 2.05) is 23.1 Å². The van der Waals surface area contributed by atoms with Gasteiger partial charge in [-0.2, -0.15) is 5.10 Å². The molecule has 0 amide bonds. The number of methoxy groups -OCH3 is 1. The van der Waals surface area contributed by atoms with Crippen LogP contribution < -0.4 is 10.5 Å². The SMILES string of the molecule is CCn1ncc(Br)c1C(N)c1sccc1OC. The zero-order chi connectivity index (χ0) is 12.4. The largest absolute Gasteiger partial charge is 0.496 e. The van der Waals surface area contributed by atoms with Crippen molar-refractivity contribution in [2.75, 3.05) is 7.11 Å². The number of thiophene rings is 1. The Bertz CT molecular complexity index is 509. The highest BCUT2D eigenvalue weighted by Gasteiger charge is 2.21. The Labute approximate surface area is 113 Å². The number of hydrogen-bond acceptors (Lipinski definition) is 4. The predicted octanol–water partition coefficient (Wildman–Crippen LogP) is 2.78. The van der Waals surface area contributed by atoms with Crippen molar-refractivity contribution in [2.24, 2.45) is 5.73 Å². The Morgan fingerprint density at radius 2 is 2.41 bits per heavy atom. The van der Waals surface area contributed by atoms with Gasteiger partial charge >= 0.3 is 0 Å². The van der Waals surface area contributed by atoms with Gasteiger partial charge in [-0.25, -0.2) is 0 Å². The van der Waals surface area contributed by atoms with Crippen LogP contribution in [-0.4, -0.2) is 16.9 Å². The predicted molar refractivity (Wildman–Crippen MR) is 72.5 cm³/mol. The number of hydrogen-bond donors (Lipinski definition) is 1. The Kier molecular flexibility index (Phi) is 3.86. The van der Waals surface area contributed by atoms with E-state index in [4.69, 9.17) is 10.5 Å². The maximum Gasteiger partial charge on any atom is 0.134 e. The van der Waals surface area contributed by atoms with Gasteiger partial charge in [0.1, 0.15) is 5.75 Å². The topological polar surface area (TPSA) is 53.1 Å². The summed E-state index contributed by atoms with van der Waals surface area (Å²) in [6, 6.07) is 1.71. The maximum absolute atomic E-state index is 6.30. The molecule has 17 heavy (non-hydrogen) atoms.